The fourth-order valence-corrected chi connectivity index (χ4v) is 6.01. The Kier molecular flexibility index (Phi) is 7.19. The van der Waals surface area contributed by atoms with Crippen LogP contribution in [0.15, 0.2) is 101 Å². The average molecular weight is 540 g/mol. The van der Waals surface area contributed by atoms with E-state index in [4.69, 9.17) is 5.10 Å². The minimum Gasteiger partial charge on any atom is -0.291 e. The van der Waals surface area contributed by atoms with Crippen molar-refractivity contribution >= 4 is 22.7 Å². The SMILES string of the molecule is C=c1[nH]n(-c2ccccc2)c(=O)/c1=C/c1cn(-c2ccccc2)nc1-c1cccc(S(=O)(=O)N(CC)CC)c1. The second kappa shape index (κ2) is 10.7. The minimum absolute atomic E-state index is 0.190. The number of benzene rings is 3. The molecular formula is C30H29N5O3S. The number of hydrogen-bond donors (Lipinski definition) is 1. The lowest BCUT2D eigenvalue weighted by molar-refractivity contribution is 0.445. The Bertz CT molecular complexity index is 1890. The first-order chi connectivity index (χ1) is 18.8. The smallest absolute Gasteiger partial charge is 0.279 e. The van der Waals surface area contributed by atoms with Crippen LogP contribution in [0.3, 0.4) is 0 Å². The van der Waals surface area contributed by atoms with Gasteiger partial charge in [0, 0.05) is 30.4 Å². The summed E-state index contributed by atoms with van der Waals surface area (Å²) in [6.45, 7) is 8.43. The fraction of sp³-hybridized carbons (Fsp3) is 0.133. The Morgan fingerprint density at radius 3 is 2.21 bits per heavy atom. The Morgan fingerprint density at radius 2 is 1.56 bits per heavy atom. The van der Waals surface area contributed by atoms with Crippen molar-refractivity contribution in [3.05, 3.63) is 118 Å². The molecule has 0 saturated heterocycles. The van der Waals surface area contributed by atoms with E-state index in [1.54, 1.807) is 29.0 Å². The van der Waals surface area contributed by atoms with Gasteiger partial charge < -0.3 is 0 Å². The molecule has 8 nitrogen and oxygen atoms in total. The van der Waals surface area contributed by atoms with Gasteiger partial charge in [0.25, 0.3) is 5.56 Å². The zero-order valence-corrected chi connectivity index (χ0v) is 22.6. The maximum atomic E-state index is 13.4. The molecule has 198 valence electrons. The summed E-state index contributed by atoms with van der Waals surface area (Å²) in [7, 11) is -3.67. The highest BCUT2D eigenvalue weighted by atomic mass is 32.2. The van der Waals surface area contributed by atoms with Crippen LogP contribution in [-0.4, -0.2) is 45.4 Å². The van der Waals surface area contributed by atoms with E-state index in [1.165, 1.54) is 8.99 Å². The van der Waals surface area contributed by atoms with E-state index in [-0.39, 0.29) is 10.5 Å². The van der Waals surface area contributed by atoms with Crippen molar-refractivity contribution in [2.75, 3.05) is 13.1 Å². The van der Waals surface area contributed by atoms with E-state index in [0.717, 1.165) is 5.69 Å². The van der Waals surface area contributed by atoms with Gasteiger partial charge in [0.15, 0.2) is 0 Å². The highest BCUT2D eigenvalue weighted by Gasteiger charge is 2.23. The molecular weight excluding hydrogens is 510 g/mol. The molecule has 0 unspecified atom stereocenters. The predicted molar refractivity (Wildman–Crippen MR) is 154 cm³/mol. The number of sulfonamides is 1. The minimum atomic E-state index is -3.67. The summed E-state index contributed by atoms with van der Waals surface area (Å²) in [5, 5.41) is 8.72. The van der Waals surface area contributed by atoms with Crippen LogP contribution in [0.25, 0.3) is 35.3 Å². The molecule has 0 aliphatic carbocycles. The molecule has 0 bridgehead atoms. The van der Waals surface area contributed by atoms with Crippen molar-refractivity contribution in [3.63, 3.8) is 0 Å². The predicted octanol–water partition coefficient (Wildman–Crippen LogP) is 3.29. The molecule has 0 aliphatic heterocycles. The number of nitrogens with one attached hydrogen (secondary N) is 1. The van der Waals surface area contributed by atoms with Crippen molar-refractivity contribution in [2.45, 2.75) is 18.7 Å². The molecule has 5 rings (SSSR count). The summed E-state index contributed by atoms with van der Waals surface area (Å²) in [6, 6.07) is 25.6. The normalized spacial score (nSPS) is 12.3. The quantitative estimate of drug-likeness (QED) is 0.328. The second-order valence-corrected chi connectivity index (χ2v) is 10.9. The molecule has 0 radical (unpaired) electrons. The zero-order chi connectivity index (χ0) is 27.6. The van der Waals surface area contributed by atoms with Crippen LogP contribution in [0.1, 0.15) is 19.4 Å². The Balaban J connectivity index is 1.71. The van der Waals surface area contributed by atoms with Crippen LogP contribution >= 0.6 is 0 Å². The topological polar surface area (TPSA) is 93.0 Å². The lowest BCUT2D eigenvalue weighted by Gasteiger charge is -2.18. The second-order valence-electron chi connectivity index (χ2n) is 8.95. The molecule has 1 N–H and O–H groups in total. The maximum Gasteiger partial charge on any atom is 0.279 e. The summed E-state index contributed by atoms with van der Waals surface area (Å²) in [5.41, 5.74) is 3.09. The van der Waals surface area contributed by atoms with E-state index in [1.807, 2.05) is 86.8 Å². The van der Waals surface area contributed by atoms with Gasteiger partial charge in [0.05, 0.1) is 26.8 Å². The van der Waals surface area contributed by atoms with E-state index in [0.29, 0.717) is 46.2 Å². The van der Waals surface area contributed by atoms with Crippen LogP contribution in [0, 0.1) is 0 Å². The maximum absolute atomic E-state index is 13.4. The van der Waals surface area contributed by atoms with Crippen LogP contribution in [0.2, 0.25) is 0 Å². The van der Waals surface area contributed by atoms with Gasteiger partial charge in [-0.15, -0.1) is 0 Å². The largest absolute Gasteiger partial charge is 0.291 e. The lowest BCUT2D eigenvalue weighted by Crippen LogP contribution is -2.34. The van der Waals surface area contributed by atoms with E-state index in [9.17, 15) is 13.2 Å². The highest BCUT2D eigenvalue weighted by Crippen LogP contribution is 2.27. The molecule has 2 aromatic heterocycles. The number of aromatic amines is 1. The molecule has 0 aliphatic rings. The number of rotatable bonds is 8. The third kappa shape index (κ3) is 5.01. The average Bonchev–Trinajstić information content (AvgIpc) is 3.51. The Labute approximate surface area is 226 Å². The number of hydrogen-bond acceptors (Lipinski definition) is 4. The van der Waals surface area contributed by atoms with Gasteiger partial charge in [-0.05, 0) is 42.5 Å². The number of H-pyrrole nitrogens is 1. The number of para-hydroxylation sites is 2. The molecule has 0 amide bonds. The standard InChI is InChI=1S/C30H29N5O3S/c1-4-33(5-2)39(37,38)27-18-12-13-23(19-27)29-24(21-34(32-29)25-14-8-6-9-15-25)20-28-22(3)31-35(30(28)36)26-16-10-7-11-17-26/h6-21,31H,3-5H2,1-2H3/b28-20+. The van der Waals surface area contributed by atoms with Crippen LogP contribution < -0.4 is 16.1 Å². The summed E-state index contributed by atoms with van der Waals surface area (Å²) in [5.74, 6) is 0. The summed E-state index contributed by atoms with van der Waals surface area (Å²) < 4.78 is 31.1. The molecule has 0 saturated carbocycles. The number of nitrogens with zero attached hydrogens (tertiary/aromatic N) is 4. The number of aromatic nitrogens is 4. The highest BCUT2D eigenvalue weighted by molar-refractivity contribution is 7.89. The van der Waals surface area contributed by atoms with Gasteiger partial charge in [0.2, 0.25) is 10.0 Å². The summed E-state index contributed by atoms with van der Waals surface area (Å²) in [4.78, 5) is 13.6. The molecule has 0 atom stereocenters. The molecule has 5 aromatic rings. The van der Waals surface area contributed by atoms with Gasteiger partial charge in [-0.3, -0.25) is 9.89 Å². The summed E-state index contributed by atoms with van der Waals surface area (Å²) >= 11 is 0. The van der Waals surface area contributed by atoms with Gasteiger partial charge >= 0.3 is 0 Å². The molecule has 9 heteroatoms. The fourth-order valence-electron chi connectivity index (χ4n) is 4.51. The van der Waals surface area contributed by atoms with Gasteiger partial charge in [0.1, 0.15) is 5.69 Å². The first kappa shape index (κ1) is 26.1. The van der Waals surface area contributed by atoms with Crippen LogP contribution in [0.4, 0.5) is 0 Å². The molecule has 0 spiro atoms. The van der Waals surface area contributed by atoms with Crippen molar-refractivity contribution in [1.82, 2.24) is 23.9 Å². The van der Waals surface area contributed by atoms with Crippen molar-refractivity contribution in [1.29, 1.82) is 0 Å². The molecule has 39 heavy (non-hydrogen) atoms. The zero-order valence-electron chi connectivity index (χ0n) is 21.8. The molecule has 0 fully saturated rings. The van der Waals surface area contributed by atoms with E-state index < -0.39 is 10.0 Å². The molecule has 3 aromatic carbocycles. The van der Waals surface area contributed by atoms with Crippen molar-refractivity contribution in [3.8, 4) is 22.6 Å². The van der Waals surface area contributed by atoms with Crippen molar-refractivity contribution < 1.29 is 8.42 Å². The summed E-state index contributed by atoms with van der Waals surface area (Å²) in [6.07, 6.45) is 3.57. The van der Waals surface area contributed by atoms with E-state index >= 15 is 0 Å². The van der Waals surface area contributed by atoms with Crippen LogP contribution in [-0.2, 0) is 10.0 Å². The monoisotopic (exact) mass is 539 g/mol. The Hall–Kier alpha value is -4.47. The lowest BCUT2D eigenvalue weighted by atomic mass is 10.1. The first-order valence-electron chi connectivity index (χ1n) is 12.7. The third-order valence-electron chi connectivity index (χ3n) is 6.53. The van der Waals surface area contributed by atoms with Gasteiger partial charge in [-0.2, -0.15) is 9.40 Å². The van der Waals surface area contributed by atoms with E-state index in [2.05, 4.69) is 11.7 Å². The first-order valence-corrected chi connectivity index (χ1v) is 14.1. The van der Waals surface area contributed by atoms with Gasteiger partial charge in [-0.25, -0.2) is 17.8 Å². The van der Waals surface area contributed by atoms with Crippen LogP contribution in [0.5, 0.6) is 0 Å². The Morgan fingerprint density at radius 1 is 0.923 bits per heavy atom. The van der Waals surface area contributed by atoms with Gasteiger partial charge in [-0.1, -0.05) is 69.0 Å². The van der Waals surface area contributed by atoms with Crippen molar-refractivity contribution in [2.24, 2.45) is 0 Å². The third-order valence-corrected chi connectivity index (χ3v) is 8.58. The molecule has 2 heterocycles.